The lowest BCUT2D eigenvalue weighted by atomic mass is 9.80. The van der Waals surface area contributed by atoms with E-state index in [1.54, 1.807) is 0 Å². The maximum Gasteiger partial charge on any atom is 0.330 e. The molecule has 29 heavy (non-hydrogen) atoms. The Hall–Kier alpha value is -2.90. The molecule has 0 atom stereocenters. The fraction of sp³-hybridized carbons (Fsp3) is 0.524. The second-order valence-corrected chi connectivity index (χ2v) is 6.62. The van der Waals surface area contributed by atoms with Gasteiger partial charge in [-0.05, 0) is 39.5 Å². The fourth-order valence-corrected chi connectivity index (χ4v) is 2.50. The molecule has 8 heteroatoms. The number of carboxylic acids is 2. The van der Waals surface area contributed by atoms with Gasteiger partial charge in [0.05, 0.1) is 13.2 Å². The quantitative estimate of drug-likeness (QED) is 0.354. The van der Waals surface area contributed by atoms with Gasteiger partial charge in [-0.25, -0.2) is 14.4 Å². The molecule has 0 bridgehead atoms. The zero-order valence-electron chi connectivity index (χ0n) is 17.2. The molecule has 0 aliphatic carbocycles. The smallest absolute Gasteiger partial charge is 0.330 e. The third-order valence-electron chi connectivity index (χ3n) is 4.13. The Labute approximate surface area is 170 Å². The monoisotopic (exact) mass is 410 g/mol. The summed E-state index contributed by atoms with van der Waals surface area (Å²) in [7, 11) is 0. The average molecular weight is 410 g/mol. The molecule has 0 aromatic rings. The molecule has 1 fully saturated rings. The van der Waals surface area contributed by atoms with Gasteiger partial charge in [-0.15, -0.1) is 0 Å². The number of carboxylic acid groups (broad SMARTS) is 2. The minimum Gasteiger partial charge on any atom is -0.478 e. The first-order valence-electron chi connectivity index (χ1n) is 9.41. The first kappa shape index (κ1) is 26.1. The topological polar surface area (TPSA) is 127 Å². The molecule has 0 saturated carbocycles. The normalized spacial score (nSPS) is 19.8. The average Bonchev–Trinajstić information content (AvgIpc) is 2.84. The van der Waals surface area contributed by atoms with Crippen molar-refractivity contribution in [2.75, 3.05) is 13.2 Å². The van der Waals surface area contributed by atoms with Crippen molar-refractivity contribution in [3.8, 4) is 0 Å². The van der Waals surface area contributed by atoms with E-state index in [2.05, 4.69) is 11.3 Å². The lowest BCUT2D eigenvalue weighted by Gasteiger charge is -2.23. The molecule has 1 aliphatic heterocycles. The molecular formula is C21H30O8. The molecule has 0 unspecified atom stereocenters. The summed E-state index contributed by atoms with van der Waals surface area (Å²) >= 11 is 0. The number of unbranched alkanes of at least 4 members (excludes halogenated alkanes) is 1. The number of hydrogen-bond donors (Lipinski definition) is 2. The van der Waals surface area contributed by atoms with Crippen LogP contribution in [0, 0.1) is 5.41 Å². The maximum absolute atomic E-state index is 12.2. The Kier molecular flexibility index (Phi) is 12.0. The van der Waals surface area contributed by atoms with Gasteiger partial charge in [-0.1, -0.05) is 32.1 Å². The van der Waals surface area contributed by atoms with E-state index >= 15 is 0 Å². The predicted octanol–water partition coefficient (Wildman–Crippen LogP) is 3.28. The summed E-state index contributed by atoms with van der Waals surface area (Å²) in [4.78, 5) is 44.4. The second kappa shape index (κ2) is 13.3. The molecule has 0 aromatic carbocycles. The highest BCUT2D eigenvalue weighted by atomic mass is 16.5. The maximum atomic E-state index is 12.2. The Morgan fingerprint density at radius 1 is 1.14 bits per heavy atom. The van der Waals surface area contributed by atoms with E-state index < -0.39 is 23.3 Å². The number of esters is 2. The Bertz CT molecular complexity index is 642. The van der Waals surface area contributed by atoms with Crippen molar-refractivity contribution in [2.45, 2.75) is 52.9 Å². The van der Waals surface area contributed by atoms with E-state index in [4.69, 9.17) is 14.9 Å². The van der Waals surface area contributed by atoms with Crippen LogP contribution in [0.25, 0.3) is 0 Å². The SMILES string of the molecule is C=CC(=O)OCCCC.CC(=CC1(C=C(C)C(=O)O)CCCCOC1=O)C(=O)O. The first-order chi connectivity index (χ1) is 13.6. The van der Waals surface area contributed by atoms with Gasteiger partial charge >= 0.3 is 23.9 Å². The number of aliphatic carboxylic acids is 2. The molecule has 0 aromatic heterocycles. The molecule has 0 spiro atoms. The predicted molar refractivity (Wildman–Crippen MR) is 106 cm³/mol. The zero-order valence-corrected chi connectivity index (χ0v) is 17.2. The highest BCUT2D eigenvalue weighted by Crippen LogP contribution is 2.35. The van der Waals surface area contributed by atoms with Crippen LogP contribution in [0.3, 0.4) is 0 Å². The molecular weight excluding hydrogens is 380 g/mol. The van der Waals surface area contributed by atoms with E-state index in [1.165, 1.54) is 32.1 Å². The molecule has 1 heterocycles. The fourth-order valence-electron chi connectivity index (χ4n) is 2.50. The summed E-state index contributed by atoms with van der Waals surface area (Å²) in [6.45, 7) is 8.82. The third kappa shape index (κ3) is 9.73. The van der Waals surface area contributed by atoms with Gasteiger partial charge in [0.1, 0.15) is 5.41 Å². The van der Waals surface area contributed by atoms with Crippen LogP contribution in [-0.2, 0) is 28.7 Å². The minimum atomic E-state index is -1.32. The number of carbonyl (C=O) groups is 4. The number of rotatable bonds is 8. The summed E-state index contributed by atoms with van der Waals surface area (Å²) in [5, 5.41) is 17.9. The van der Waals surface area contributed by atoms with Gasteiger partial charge in [-0.3, -0.25) is 4.79 Å². The molecule has 1 aliphatic rings. The summed E-state index contributed by atoms with van der Waals surface area (Å²) in [6.07, 6.45) is 7.39. The summed E-state index contributed by atoms with van der Waals surface area (Å²) < 4.78 is 9.74. The molecule has 8 nitrogen and oxygen atoms in total. The van der Waals surface area contributed by atoms with E-state index in [-0.39, 0.29) is 23.7 Å². The molecule has 162 valence electrons. The summed E-state index contributed by atoms with van der Waals surface area (Å²) in [6, 6.07) is 0. The van der Waals surface area contributed by atoms with Crippen LogP contribution in [0.1, 0.15) is 52.9 Å². The highest BCUT2D eigenvalue weighted by Gasteiger charge is 2.38. The van der Waals surface area contributed by atoms with Gasteiger partial charge in [0.15, 0.2) is 0 Å². The van der Waals surface area contributed by atoms with Crippen LogP contribution >= 0.6 is 0 Å². The van der Waals surface area contributed by atoms with Gasteiger partial charge in [0.2, 0.25) is 0 Å². The van der Waals surface area contributed by atoms with E-state index in [9.17, 15) is 19.2 Å². The van der Waals surface area contributed by atoms with Crippen LogP contribution in [0.15, 0.2) is 36.0 Å². The van der Waals surface area contributed by atoms with Gasteiger partial charge in [-0.2, -0.15) is 0 Å². The van der Waals surface area contributed by atoms with Crippen LogP contribution in [0.2, 0.25) is 0 Å². The van der Waals surface area contributed by atoms with E-state index in [1.807, 2.05) is 6.92 Å². The molecule has 0 amide bonds. The third-order valence-corrected chi connectivity index (χ3v) is 4.13. The number of cyclic esters (lactones) is 1. The Morgan fingerprint density at radius 3 is 2.14 bits per heavy atom. The Balaban J connectivity index is 0.000000734. The number of ether oxygens (including phenoxy) is 2. The Morgan fingerprint density at radius 2 is 1.69 bits per heavy atom. The first-order valence-corrected chi connectivity index (χ1v) is 9.41. The lowest BCUT2D eigenvalue weighted by molar-refractivity contribution is -0.149. The van der Waals surface area contributed by atoms with Crippen molar-refractivity contribution < 1.29 is 38.9 Å². The van der Waals surface area contributed by atoms with Gasteiger partial charge in [0, 0.05) is 17.2 Å². The van der Waals surface area contributed by atoms with Crippen molar-refractivity contribution >= 4 is 23.9 Å². The van der Waals surface area contributed by atoms with Crippen molar-refractivity contribution in [3.05, 3.63) is 36.0 Å². The molecule has 1 saturated heterocycles. The standard InChI is InChI=1S/C14H18O6.C7H12O2/c1-9(11(15)16)7-14(8-10(2)12(17)18)5-3-4-6-20-13(14)19;1-3-5-6-9-7(8)4-2/h7-8H,3-6H2,1-2H3,(H,15,16)(H,17,18);4H,2-3,5-6H2,1H3. The number of carbonyl (C=O) groups excluding carboxylic acids is 2. The molecule has 0 radical (unpaired) electrons. The highest BCUT2D eigenvalue weighted by molar-refractivity contribution is 5.92. The van der Waals surface area contributed by atoms with Crippen molar-refractivity contribution in [1.82, 2.24) is 0 Å². The van der Waals surface area contributed by atoms with Crippen LogP contribution in [0.4, 0.5) is 0 Å². The minimum absolute atomic E-state index is 0.0155. The van der Waals surface area contributed by atoms with E-state index in [0.717, 1.165) is 12.8 Å². The number of hydrogen-bond acceptors (Lipinski definition) is 6. The van der Waals surface area contributed by atoms with E-state index in [0.29, 0.717) is 25.9 Å². The zero-order chi connectivity index (χ0) is 22.4. The van der Waals surface area contributed by atoms with Gasteiger partial charge < -0.3 is 19.7 Å². The van der Waals surface area contributed by atoms with Crippen molar-refractivity contribution in [3.63, 3.8) is 0 Å². The molecule has 2 N–H and O–H groups in total. The van der Waals surface area contributed by atoms with Gasteiger partial charge in [0.25, 0.3) is 0 Å². The van der Waals surface area contributed by atoms with Crippen molar-refractivity contribution in [2.24, 2.45) is 5.41 Å². The summed E-state index contributed by atoms with van der Waals surface area (Å²) in [5.41, 5.74) is -1.35. The van der Waals surface area contributed by atoms with Crippen LogP contribution < -0.4 is 0 Å². The molecule has 1 rings (SSSR count). The van der Waals surface area contributed by atoms with Crippen LogP contribution in [0.5, 0.6) is 0 Å². The largest absolute Gasteiger partial charge is 0.478 e. The van der Waals surface area contributed by atoms with Crippen LogP contribution in [-0.4, -0.2) is 47.3 Å². The van der Waals surface area contributed by atoms with Crippen molar-refractivity contribution in [1.29, 1.82) is 0 Å². The second-order valence-electron chi connectivity index (χ2n) is 6.62. The lowest BCUT2D eigenvalue weighted by Crippen LogP contribution is -2.29. The summed E-state index contributed by atoms with van der Waals surface area (Å²) in [5.74, 6) is -3.23.